The van der Waals surface area contributed by atoms with Crippen LogP contribution in [-0.2, 0) is 14.8 Å². The van der Waals surface area contributed by atoms with Crippen LogP contribution >= 0.6 is 0 Å². The molecule has 0 saturated carbocycles. The number of carbonyl (C=O) groups is 1. The summed E-state index contributed by atoms with van der Waals surface area (Å²) in [6.45, 7) is 2.12. The van der Waals surface area contributed by atoms with Crippen molar-refractivity contribution in [1.82, 2.24) is 9.21 Å². The highest BCUT2D eigenvalue weighted by Crippen LogP contribution is 2.38. The molecule has 8 heteroatoms. The number of sulfonamides is 1. The summed E-state index contributed by atoms with van der Waals surface area (Å²) in [6, 6.07) is 14.8. The minimum absolute atomic E-state index is 0.0384. The third-order valence-corrected chi connectivity index (χ3v) is 8.48. The third-order valence-electron chi connectivity index (χ3n) is 6.60. The number of nitrogens with zero attached hydrogens (tertiary/aromatic N) is 2. The average Bonchev–Trinajstić information content (AvgIpc) is 2.84. The molecule has 0 aliphatic carbocycles. The molecule has 178 valence electrons. The SMILES string of the molecule is O=C(CC1(COc2ccccc2)CCCN(S(=O)(=O)c2ccccc2F)C1)N1CCCCC1. The predicted molar refractivity (Wildman–Crippen MR) is 124 cm³/mol. The highest BCUT2D eigenvalue weighted by atomic mass is 32.2. The van der Waals surface area contributed by atoms with E-state index in [0.29, 0.717) is 25.1 Å². The summed E-state index contributed by atoms with van der Waals surface area (Å²) in [4.78, 5) is 14.8. The number of halogens is 1. The maximum Gasteiger partial charge on any atom is 0.246 e. The first kappa shape index (κ1) is 23.7. The Labute approximate surface area is 195 Å². The summed E-state index contributed by atoms with van der Waals surface area (Å²) >= 11 is 0. The first-order valence-corrected chi connectivity index (χ1v) is 13.0. The Bertz CT molecular complexity index is 1060. The van der Waals surface area contributed by atoms with Gasteiger partial charge in [-0.05, 0) is 56.4 Å². The summed E-state index contributed by atoms with van der Waals surface area (Å²) in [5.41, 5.74) is -0.680. The standard InChI is InChI=1S/C25H31FN2O4S/c26-22-12-5-6-13-23(22)33(30,31)28-17-9-14-25(19-28,20-32-21-10-3-1-4-11-21)18-24(29)27-15-7-2-8-16-27/h1,3-6,10-13H,2,7-9,14-20H2. The predicted octanol–water partition coefficient (Wildman–Crippen LogP) is 4.08. The molecule has 2 fully saturated rings. The molecule has 33 heavy (non-hydrogen) atoms. The molecular formula is C25H31FN2O4S. The summed E-state index contributed by atoms with van der Waals surface area (Å²) < 4.78 is 48.4. The average molecular weight is 475 g/mol. The van der Waals surface area contributed by atoms with Crippen molar-refractivity contribution < 1.29 is 22.3 Å². The molecule has 2 aromatic rings. The van der Waals surface area contributed by atoms with E-state index in [0.717, 1.165) is 38.4 Å². The van der Waals surface area contributed by atoms with Gasteiger partial charge in [-0.15, -0.1) is 0 Å². The largest absolute Gasteiger partial charge is 0.493 e. The van der Waals surface area contributed by atoms with Crippen LogP contribution in [0.4, 0.5) is 4.39 Å². The van der Waals surface area contributed by atoms with Gasteiger partial charge >= 0.3 is 0 Å². The van der Waals surface area contributed by atoms with Gasteiger partial charge in [0, 0.05) is 38.0 Å². The van der Waals surface area contributed by atoms with Crippen molar-refractivity contribution in [2.75, 3.05) is 32.8 Å². The number of carbonyl (C=O) groups excluding carboxylic acids is 1. The lowest BCUT2D eigenvalue weighted by molar-refractivity contribution is -0.136. The minimum atomic E-state index is -4.03. The van der Waals surface area contributed by atoms with Gasteiger partial charge in [-0.2, -0.15) is 4.31 Å². The number of para-hydroxylation sites is 1. The highest BCUT2D eigenvalue weighted by Gasteiger charge is 2.43. The Morgan fingerprint density at radius 3 is 2.36 bits per heavy atom. The fourth-order valence-electron chi connectivity index (χ4n) is 4.80. The van der Waals surface area contributed by atoms with Crippen LogP contribution < -0.4 is 4.74 Å². The molecule has 0 radical (unpaired) electrons. The summed E-state index contributed by atoms with van der Waals surface area (Å²) in [6.07, 6.45) is 4.58. The molecule has 2 aromatic carbocycles. The van der Waals surface area contributed by atoms with Gasteiger partial charge in [0.1, 0.15) is 16.5 Å². The van der Waals surface area contributed by atoms with Crippen LogP contribution in [0.15, 0.2) is 59.5 Å². The van der Waals surface area contributed by atoms with E-state index in [2.05, 4.69) is 0 Å². The van der Waals surface area contributed by atoms with Crippen LogP contribution in [0.25, 0.3) is 0 Å². The fourth-order valence-corrected chi connectivity index (χ4v) is 6.46. The second kappa shape index (κ2) is 10.2. The van der Waals surface area contributed by atoms with Gasteiger partial charge in [0.05, 0.1) is 6.61 Å². The van der Waals surface area contributed by atoms with E-state index in [1.165, 1.54) is 22.5 Å². The fraction of sp³-hybridized carbons (Fsp3) is 0.480. The zero-order chi connectivity index (χ0) is 23.3. The van der Waals surface area contributed by atoms with Crippen LogP contribution in [-0.4, -0.2) is 56.3 Å². The van der Waals surface area contributed by atoms with E-state index in [4.69, 9.17) is 4.74 Å². The number of hydrogen-bond donors (Lipinski definition) is 0. The Morgan fingerprint density at radius 2 is 1.64 bits per heavy atom. The van der Waals surface area contributed by atoms with E-state index >= 15 is 0 Å². The van der Waals surface area contributed by atoms with Gasteiger partial charge in [-0.1, -0.05) is 30.3 Å². The van der Waals surface area contributed by atoms with Gasteiger partial charge in [-0.3, -0.25) is 4.79 Å². The van der Waals surface area contributed by atoms with Crippen molar-refractivity contribution in [2.45, 2.75) is 43.4 Å². The summed E-state index contributed by atoms with van der Waals surface area (Å²) in [5.74, 6) is -0.0496. The maximum absolute atomic E-state index is 14.4. The second-order valence-electron chi connectivity index (χ2n) is 9.09. The lowest BCUT2D eigenvalue weighted by Crippen LogP contribution is -2.51. The van der Waals surface area contributed by atoms with Gasteiger partial charge in [-0.25, -0.2) is 12.8 Å². The Hall–Kier alpha value is -2.45. The second-order valence-corrected chi connectivity index (χ2v) is 11.0. The van der Waals surface area contributed by atoms with Gasteiger partial charge < -0.3 is 9.64 Å². The molecule has 2 aliphatic rings. The number of benzene rings is 2. The molecule has 6 nitrogen and oxygen atoms in total. The molecule has 2 aliphatic heterocycles. The smallest absolute Gasteiger partial charge is 0.246 e. The molecule has 2 saturated heterocycles. The van der Waals surface area contributed by atoms with E-state index in [-0.39, 0.29) is 30.4 Å². The van der Waals surface area contributed by atoms with Gasteiger partial charge in [0.25, 0.3) is 0 Å². The molecular weight excluding hydrogens is 443 g/mol. The monoisotopic (exact) mass is 474 g/mol. The Balaban J connectivity index is 1.58. The molecule has 0 spiro atoms. The summed E-state index contributed by atoms with van der Waals surface area (Å²) in [7, 11) is -4.03. The Kier molecular flexibility index (Phi) is 7.34. The molecule has 1 unspecified atom stereocenters. The van der Waals surface area contributed by atoms with Crippen LogP contribution in [0.5, 0.6) is 5.75 Å². The maximum atomic E-state index is 14.4. The molecule has 0 aromatic heterocycles. The van der Waals surface area contributed by atoms with Gasteiger partial charge in [0.2, 0.25) is 15.9 Å². The van der Waals surface area contributed by atoms with Crippen molar-refractivity contribution in [3.63, 3.8) is 0 Å². The van der Waals surface area contributed by atoms with Crippen molar-refractivity contribution in [2.24, 2.45) is 5.41 Å². The number of likely N-dealkylation sites (tertiary alicyclic amines) is 1. The molecule has 1 amide bonds. The van der Waals surface area contributed by atoms with Crippen molar-refractivity contribution >= 4 is 15.9 Å². The Morgan fingerprint density at radius 1 is 0.939 bits per heavy atom. The molecule has 0 bridgehead atoms. The lowest BCUT2D eigenvalue weighted by atomic mass is 9.78. The van der Waals surface area contributed by atoms with Crippen molar-refractivity contribution in [3.05, 3.63) is 60.4 Å². The number of amides is 1. The molecule has 2 heterocycles. The van der Waals surface area contributed by atoms with E-state index in [1.54, 1.807) is 0 Å². The molecule has 1 atom stereocenters. The first-order valence-electron chi connectivity index (χ1n) is 11.6. The molecule has 0 N–H and O–H groups in total. The van der Waals surface area contributed by atoms with Gasteiger partial charge in [0.15, 0.2) is 0 Å². The number of piperidine rings is 2. The number of ether oxygens (including phenoxy) is 1. The zero-order valence-electron chi connectivity index (χ0n) is 18.8. The summed E-state index contributed by atoms with van der Waals surface area (Å²) in [5, 5.41) is 0. The van der Waals surface area contributed by atoms with Crippen LogP contribution in [0.1, 0.15) is 38.5 Å². The first-order chi connectivity index (χ1) is 15.9. The van der Waals surface area contributed by atoms with Crippen LogP contribution in [0.3, 0.4) is 0 Å². The highest BCUT2D eigenvalue weighted by molar-refractivity contribution is 7.89. The molecule has 4 rings (SSSR count). The quantitative estimate of drug-likeness (QED) is 0.607. The zero-order valence-corrected chi connectivity index (χ0v) is 19.6. The third kappa shape index (κ3) is 5.55. The van der Waals surface area contributed by atoms with Crippen molar-refractivity contribution in [3.8, 4) is 5.75 Å². The number of rotatable bonds is 7. The minimum Gasteiger partial charge on any atom is -0.493 e. The number of hydrogen-bond acceptors (Lipinski definition) is 4. The van der Waals surface area contributed by atoms with E-state index in [9.17, 15) is 17.6 Å². The van der Waals surface area contributed by atoms with E-state index < -0.39 is 21.3 Å². The lowest BCUT2D eigenvalue weighted by Gasteiger charge is -2.42. The van der Waals surface area contributed by atoms with Crippen LogP contribution in [0, 0.1) is 11.2 Å². The normalized spacial score (nSPS) is 22.2. The topological polar surface area (TPSA) is 66.9 Å². The van der Waals surface area contributed by atoms with Crippen LogP contribution in [0.2, 0.25) is 0 Å². The van der Waals surface area contributed by atoms with Crippen molar-refractivity contribution in [1.29, 1.82) is 0 Å². The van der Waals surface area contributed by atoms with E-state index in [1.807, 2.05) is 35.2 Å².